The molecule has 0 aromatic carbocycles. The molecule has 2 saturated heterocycles. The lowest BCUT2D eigenvalue weighted by Gasteiger charge is -2.36. The molecule has 1 aliphatic carbocycles. The molecule has 0 radical (unpaired) electrons. The number of nitrogens with zero attached hydrogens (tertiary/aromatic N) is 2. The predicted octanol–water partition coefficient (Wildman–Crippen LogP) is 2.50. The number of carbonyl (C=O) groups is 2. The number of carbonyl (C=O) groups excluding carboxylic acids is 2. The molecule has 1 aromatic rings. The van der Waals surface area contributed by atoms with Crippen molar-refractivity contribution in [2.75, 3.05) is 26.2 Å². The number of likely N-dealkylation sites (tertiary alicyclic amines) is 1. The first-order chi connectivity index (χ1) is 11.6. The van der Waals surface area contributed by atoms with Gasteiger partial charge < -0.3 is 15.1 Å². The summed E-state index contributed by atoms with van der Waals surface area (Å²) < 4.78 is 0. The van der Waals surface area contributed by atoms with Crippen LogP contribution in [0, 0.1) is 5.92 Å². The molecule has 6 heteroatoms. The van der Waals surface area contributed by atoms with E-state index in [9.17, 15) is 9.59 Å². The van der Waals surface area contributed by atoms with Crippen LogP contribution in [0.2, 0.25) is 0 Å². The molecule has 3 aliphatic rings. The van der Waals surface area contributed by atoms with Gasteiger partial charge in [-0.15, -0.1) is 11.3 Å². The van der Waals surface area contributed by atoms with Crippen molar-refractivity contribution < 1.29 is 9.59 Å². The van der Waals surface area contributed by atoms with Gasteiger partial charge in [0.1, 0.15) is 0 Å². The molecular weight excluding hydrogens is 322 g/mol. The molecule has 5 nitrogen and oxygen atoms in total. The molecule has 3 amide bonds. The summed E-state index contributed by atoms with van der Waals surface area (Å²) >= 11 is 1.70. The summed E-state index contributed by atoms with van der Waals surface area (Å²) in [6.07, 6.45) is 5.26. The zero-order chi connectivity index (χ0) is 16.7. The van der Waals surface area contributed by atoms with Crippen molar-refractivity contribution in [3.63, 3.8) is 0 Å². The Morgan fingerprint density at radius 2 is 2.04 bits per heavy atom. The van der Waals surface area contributed by atoms with Gasteiger partial charge in [0.25, 0.3) is 5.91 Å². The summed E-state index contributed by atoms with van der Waals surface area (Å²) in [7, 11) is 0. The van der Waals surface area contributed by atoms with Crippen LogP contribution in [0.3, 0.4) is 0 Å². The number of thiophene rings is 1. The molecule has 2 aliphatic heterocycles. The number of hydrogen-bond acceptors (Lipinski definition) is 3. The Kier molecular flexibility index (Phi) is 4.24. The molecule has 0 unspecified atom stereocenters. The van der Waals surface area contributed by atoms with E-state index in [4.69, 9.17) is 0 Å². The van der Waals surface area contributed by atoms with Crippen LogP contribution in [0.1, 0.15) is 46.3 Å². The number of aryl methyl sites for hydroxylation is 1. The van der Waals surface area contributed by atoms with E-state index < -0.39 is 0 Å². The van der Waals surface area contributed by atoms with E-state index in [0.29, 0.717) is 0 Å². The van der Waals surface area contributed by atoms with Gasteiger partial charge in [-0.25, -0.2) is 4.79 Å². The van der Waals surface area contributed by atoms with Crippen LogP contribution >= 0.6 is 11.3 Å². The van der Waals surface area contributed by atoms with Crippen LogP contribution in [0.25, 0.3) is 0 Å². The lowest BCUT2D eigenvalue weighted by molar-refractivity contribution is 0.0671. The van der Waals surface area contributed by atoms with E-state index in [1.807, 2.05) is 9.80 Å². The lowest BCUT2D eigenvalue weighted by Crippen LogP contribution is -2.47. The highest BCUT2D eigenvalue weighted by molar-refractivity contribution is 7.14. The summed E-state index contributed by atoms with van der Waals surface area (Å²) in [6.45, 7) is 5.35. The Hall–Kier alpha value is -1.56. The van der Waals surface area contributed by atoms with E-state index in [-0.39, 0.29) is 18.0 Å². The molecular formula is C18H25N3O2S. The number of piperidine rings is 1. The third kappa shape index (κ3) is 2.92. The smallest absolute Gasteiger partial charge is 0.317 e. The highest BCUT2D eigenvalue weighted by Gasteiger charge is 2.32. The first-order valence-corrected chi connectivity index (χ1v) is 9.89. The molecule has 130 valence electrons. The number of urea groups is 1. The van der Waals surface area contributed by atoms with Crippen molar-refractivity contribution in [2.24, 2.45) is 5.92 Å². The zero-order valence-corrected chi connectivity index (χ0v) is 15.0. The molecule has 1 atom stereocenters. The van der Waals surface area contributed by atoms with Gasteiger partial charge >= 0.3 is 6.03 Å². The number of rotatable bonds is 2. The van der Waals surface area contributed by atoms with Gasteiger partial charge in [-0.05, 0) is 49.7 Å². The minimum atomic E-state index is 0.0554. The largest absolute Gasteiger partial charge is 0.338 e. The van der Waals surface area contributed by atoms with Gasteiger partial charge in [0.05, 0.1) is 4.88 Å². The number of nitrogens with one attached hydrogen (secondary N) is 1. The number of fused-ring (bicyclic) bond motifs is 1. The fraction of sp³-hybridized carbons (Fsp3) is 0.667. The van der Waals surface area contributed by atoms with Crippen LogP contribution in [0.5, 0.6) is 0 Å². The highest BCUT2D eigenvalue weighted by Crippen LogP contribution is 2.33. The molecule has 0 saturated carbocycles. The first-order valence-electron chi connectivity index (χ1n) is 9.07. The third-order valence-electron chi connectivity index (χ3n) is 5.62. The molecule has 0 bridgehead atoms. The fourth-order valence-corrected chi connectivity index (χ4v) is 5.36. The van der Waals surface area contributed by atoms with Gasteiger partial charge in [-0.3, -0.25) is 4.79 Å². The van der Waals surface area contributed by atoms with E-state index in [2.05, 4.69) is 18.3 Å². The monoisotopic (exact) mass is 347 g/mol. The Morgan fingerprint density at radius 3 is 2.75 bits per heavy atom. The van der Waals surface area contributed by atoms with Crippen molar-refractivity contribution in [1.82, 2.24) is 15.1 Å². The first kappa shape index (κ1) is 15.9. The van der Waals surface area contributed by atoms with Crippen molar-refractivity contribution in [3.05, 3.63) is 21.4 Å². The van der Waals surface area contributed by atoms with E-state index >= 15 is 0 Å². The quantitative estimate of drug-likeness (QED) is 0.894. The van der Waals surface area contributed by atoms with Gasteiger partial charge in [-0.1, -0.05) is 6.92 Å². The second-order valence-electron chi connectivity index (χ2n) is 7.36. The number of hydrogen-bond donors (Lipinski definition) is 1. The summed E-state index contributed by atoms with van der Waals surface area (Å²) in [4.78, 5) is 30.9. The molecule has 4 rings (SSSR count). The fourth-order valence-electron chi connectivity index (χ4n) is 4.18. The number of amides is 3. The van der Waals surface area contributed by atoms with Gasteiger partial charge in [0, 0.05) is 37.1 Å². The minimum Gasteiger partial charge on any atom is -0.338 e. The van der Waals surface area contributed by atoms with E-state index in [1.165, 1.54) is 16.9 Å². The second-order valence-corrected chi connectivity index (χ2v) is 8.49. The maximum atomic E-state index is 12.8. The van der Waals surface area contributed by atoms with Gasteiger partial charge in [-0.2, -0.15) is 0 Å². The maximum Gasteiger partial charge on any atom is 0.317 e. The Balaban J connectivity index is 1.39. The lowest BCUT2D eigenvalue weighted by atomic mass is 9.90. The molecule has 2 fully saturated rings. The van der Waals surface area contributed by atoms with Crippen LogP contribution in [-0.2, 0) is 12.8 Å². The zero-order valence-electron chi connectivity index (χ0n) is 14.2. The average Bonchev–Trinajstić information content (AvgIpc) is 3.20. The topological polar surface area (TPSA) is 52.7 Å². The Morgan fingerprint density at radius 1 is 1.25 bits per heavy atom. The van der Waals surface area contributed by atoms with Crippen LogP contribution in [0.4, 0.5) is 4.79 Å². The van der Waals surface area contributed by atoms with Gasteiger partial charge in [0.15, 0.2) is 0 Å². The van der Waals surface area contributed by atoms with Crippen LogP contribution in [-0.4, -0.2) is 54.0 Å². The molecule has 1 N–H and O–H groups in total. The molecule has 1 aromatic heterocycles. The van der Waals surface area contributed by atoms with Crippen LogP contribution < -0.4 is 5.32 Å². The standard InChI is InChI=1S/C18H25N3O2S/c1-12-2-3-15-13(10-12)11-16(24-15)17(22)20-7-4-14(5-8-20)21-9-6-19-18(21)23/h11-12,14H,2-10H2,1H3,(H,19,23)/t12-/m0/s1. The molecule has 24 heavy (non-hydrogen) atoms. The SMILES string of the molecule is C[C@H]1CCc2sc(C(=O)N3CCC(N4CCNC4=O)CC3)cc2C1. The Labute approximate surface area is 147 Å². The normalized spacial score (nSPS) is 24.9. The minimum absolute atomic E-state index is 0.0554. The third-order valence-corrected chi connectivity index (χ3v) is 6.85. The van der Waals surface area contributed by atoms with E-state index in [1.54, 1.807) is 11.3 Å². The van der Waals surface area contributed by atoms with Crippen molar-refractivity contribution in [2.45, 2.75) is 45.1 Å². The van der Waals surface area contributed by atoms with Crippen molar-refractivity contribution in [1.29, 1.82) is 0 Å². The van der Waals surface area contributed by atoms with E-state index in [0.717, 1.165) is 62.7 Å². The predicted molar refractivity (Wildman–Crippen MR) is 94.5 cm³/mol. The summed E-state index contributed by atoms with van der Waals surface area (Å²) in [5.74, 6) is 0.920. The molecule has 0 spiro atoms. The highest BCUT2D eigenvalue weighted by atomic mass is 32.1. The summed E-state index contributed by atoms with van der Waals surface area (Å²) in [5.41, 5.74) is 1.39. The van der Waals surface area contributed by atoms with Crippen LogP contribution in [0.15, 0.2) is 6.07 Å². The average molecular weight is 347 g/mol. The van der Waals surface area contributed by atoms with Gasteiger partial charge in [0.2, 0.25) is 0 Å². The van der Waals surface area contributed by atoms with Crippen molar-refractivity contribution >= 4 is 23.3 Å². The summed E-state index contributed by atoms with van der Waals surface area (Å²) in [5, 5.41) is 2.87. The second kappa shape index (κ2) is 6.39. The summed E-state index contributed by atoms with van der Waals surface area (Å²) in [6, 6.07) is 2.48. The Bertz CT molecular complexity index is 649. The van der Waals surface area contributed by atoms with Crippen molar-refractivity contribution in [3.8, 4) is 0 Å². The maximum absolute atomic E-state index is 12.8. The molecule has 3 heterocycles.